The topological polar surface area (TPSA) is 32.3 Å². The zero-order valence-corrected chi connectivity index (χ0v) is 12.5. The molecule has 0 bridgehead atoms. The molecule has 0 radical (unpaired) electrons. The molecule has 2 aliphatic rings. The lowest BCUT2D eigenvalue weighted by Crippen LogP contribution is -2.52. The summed E-state index contributed by atoms with van der Waals surface area (Å²) in [4.78, 5) is 14.6. The smallest absolute Gasteiger partial charge is 0.224 e. The van der Waals surface area contributed by atoms with E-state index >= 15 is 0 Å². The summed E-state index contributed by atoms with van der Waals surface area (Å²) in [6, 6.07) is 0.411. The van der Waals surface area contributed by atoms with Gasteiger partial charge < -0.3 is 10.2 Å². The quantitative estimate of drug-likeness (QED) is 0.854. The van der Waals surface area contributed by atoms with Gasteiger partial charge in [0.2, 0.25) is 5.91 Å². The van der Waals surface area contributed by atoms with Crippen molar-refractivity contribution in [2.24, 2.45) is 0 Å². The van der Waals surface area contributed by atoms with Gasteiger partial charge in [-0.1, -0.05) is 19.3 Å². The summed E-state index contributed by atoms with van der Waals surface area (Å²) < 4.78 is 0. The number of hydrogen-bond acceptors (Lipinski definition) is 3. The summed E-state index contributed by atoms with van der Waals surface area (Å²) in [5.41, 5.74) is 0.0830. The predicted octanol–water partition coefficient (Wildman–Crippen LogP) is 2.26. The summed E-state index contributed by atoms with van der Waals surface area (Å²) in [6.45, 7) is 3.11. The second-order valence-corrected chi connectivity index (χ2v) is 6.93. The largest absolute Gasteiger partial charge is 0.338 e. The van der Waals surface area contributed by atoms with Crippen LogP contribution in [0, 0.1) is 0 Å². The highest BCUT2D eigenvalue weighted by Gasteiger charge is 2.35. The Balaban J connectivity index is 1.95. The van der Waals surface area contributed by atoms with Crippen molar-refractivity contribution in [2.45, 2.75) is 57.0 Å². The highest BCUT2D eigenvalue weighted by molar-refractivity contribution is 7.99. The minimum Gasteiger partial charge on any atom is -0.338 e. The molecule has 0 aromatic carbocycles. The van der Waals surface area contributed by atoms with Crippen LogP contribution < -0.4 is 5.32 Å². The third kappa shape index (κ3) is 3.21. The second-order valence-electron chi connectivity index (χ2n) is 5.78. The number of hydrogen-bond donors (Lipinski definition) is 1. The van der Waals surface area contributed by atoms with Crippen molar-refractivity contribution in [3.63, 3.8) is 0 Å². The van der Waals surface area contributed by atoms with E-state index in [-0.39, 0.29) is 5.54 Å². The van der Waals surface area contributed by atoms with E-state index in [0.717, 1.165) is 30.9 Å². The Morgan fingerprint density at radius 2 is 2.11 bits per heavy atom. The maximum atomic E-state index is 12.5. The van der Waals surface area contributed by atoms with Crippen LogP contribution in [0.2, 0.25) is 0 Å². The first kappa shape index (κ1) is 14.2. The fourth-order valence-corrected chi connectivity index (χ4v) is 4.25. The van der Waals surface area contributed by atoms with E-state index in [2.05, 4.69) is 17.1 Å². The van der Waals surface area contributed by atoms with Crippen LogP contribution in [0.3, 0.4) is 0 Å². The molecule has 1 N–H and O–H groups in total. The molecule has 0 aromatic rings. The van der Waals surface area contributed by atoms with Crippen molar-refractivity contribution in [1.29, 1.82) is 0 Å². The van der Waals surface area contributed by atoms with Crippen LogP contribution in [0.15, 0.2) is 0 Å². The molecule has 1 unspecified atom stereocenters. The van der Waals surface area contributed by atoms with Crippen LogP contribution >= 0.6 is 11.8 Å². The molecule has 104 valence electrons. The Kier molecular flexibility index (Phi) is 4.96. The van der Waals surface area contributed by atoms with E-state index in [1.165, 1.54) is 19.3 Å². The third-order valence-electron chi connectivity index (χ3n) is 4.52. The van der Waals surface area contributed by atoms with Gasteiger partial charge in [-0.2, -0.15) is 11.8 Å². The summed E-state index contributed by atoms with van der Waals surface area (Å²) in [7, 11) is 2.02. The highest BCUT2D eigenvalue weighted by atomic mass is 32.2. The molecule has 1 heterocycles. The Hall–Kier alpha value is -0.220. The molecule has 3 nitrogen and oxygen atoms in total. The van der Waals surface area contributed by atoms with Gasteiger partial charge in [-0.15, -0.1) is 0 Å². The summed E-state index contributed by atoms with van der Waals surface area (Å²) in [5, 5.41) is 3.45. The average molecular weight is 270 g/mol. The van der Waals surface area contributed by atoms with Crippen molar-refractivity contribution in [3.8, 4) is 0 Å². The molecule has 0 spiro atoms. The number of rotatable bonds is 3. The number of carbonyl (C=O) groups is 1. The third-order valence-corrected chi connectivity index (χ3v) is 5.71. The molecule has 2 rings (SSSR count). The molecule has 18 heavy (non-hydrogen) atoms. The van der Waals surface area contributed by atoms with Crippen molar-refractivity contribution in [3.05, 3.63) is 0 Å². The van der Waals surface area contributed by atoms with Crippen molar-refractivity contribution >= 4 is 17.7 Å². The molecule has 1 aliphatic carbocycles. The SMILES string of the molecule is CNC1(CC(=O)N2CCSCC2C)CCCCC1. The number of amides is 1. The lowest BCUT2D eigenvalue weighted by Gasteiger charge is -2.40. The Bertz CT molecular complexity index is 290. The normalized spacial score (nSPS) is 28.1. The van der Waals surface area contributed by atoms with Crippen molar-refractivity contribution < 1.29 is 4.79 Å². The molecule has 1 amide bonds. The molecule has 1 atom stereocenters. The summed E-state index contributed by atoms with van der Waals surface area (Å²) in [5.74, 6) is 2.56. The van der Waals surface area contributed by atoms with E-state index in [0.29, 0.717) is 18.4 Å². The minimum absolute atomic E-state index is 0.0830. The lowest BCUT2D eigenvalue weighted by atomic mass is 9.79. The number of nitrogens with one attached hydrogen (secondary N) is 1. The predicted molar refractivity (Wildman–Crippen MR) is 78.0 cm³/mol. The van der Waals surface area contributed by atoms with Crippen LogP contribution in [0.1, 0.15) is 45.4 Å². The van der Waals surface area contributed by atoms with E-state index in [4.69, 9.17) is 0 Å². The Labute approximate surface area is 115 Å². The first-order valence-electron chi connectivity index (χ1n) is 7.23. The molecule has 1 saturated carbocycles. The van der Waals surface area contributed by atoms with Crippen molar-refractivity contribution in [2.75, 3.05) is 25.1 Å². The van der Waals surface area contributed by atoms with Crippen LogP contribution in [0.25, 0.3) is 0 Å². The molecular weight excluding hydrogens is 244 g/mol. The number of carbonyl (C=O) groups excluding carboxylic acids is 1. The van der Waals surface area contributed by atoms with Gasteiger partial charge in [0.05, 0.1) is 0 Å². The molecule has 4 heteroatoms. The van der Waals surface area contributed by atoms with Crippen LogP contribution in [-0.2, 0) is 4.79 Å². The summed E-state index contributed by atoms with van der Waals surface area (Å²) >= 11 is 1.97. The standard InChI is InChI=1S/C14H26N2OS/c1-12-11-18-9-8-16(12)13(17)10-14(15-2)6-4-3-5-7-14/h12,15H,3-11H2,1-2H3. The van der Waals surface area contributed by atoms with Gasteiger partial charge >= 0.3 is 0 Å². The molecule has 1 aliphatic heterocycles. The Morgan fingerprint density at radius 1 is 1.39 bits per heavy atom. The lowest BCUT2D eigenvalue weighted by molar-refractivity contribution is -0.134. The monoisotopic (exact) mass is 270 g/mol. The maximum absolute atomic E-state index is 12.5. The molecule has 2 fully saturated rings. The van der Waals surface area contributed by atoms with Crippen LogP contribution in [0.4, 0.5) is 0 Å². The van der Waals surface area contributed by atoms with E-state index in [1.54, 1.807) is 0 Å². The van der Waals surface area contributed by atoms with E-state index in [9.17, 15) is 4.79 Å². The Morgan fingerprint density at radius 3 is 2.72 bits per heavy atom. The first-order valence-corrected chi connectivity index (χ1v) is 8.38. The van der Waals surface area contributed by atoms with Crippen LogP contribution in [-0.4, -0.2) is 47.5 Å². The zero-order valence-electron chi connectivity index (χ0n) is 11.7. The van der Waals surface area contributed by atoms with Crippen molar-refractivity contribution in [1.82, 2.24) is 10.2 Å². The van der Waals surface area contributed by atoms with Gasteiger partial charge in [0.1, 0.15) is 0 Å². The zero-order chi connectivity index (χ0) is 13.0. The van der Waals surface area contributed by atoms with Crippen LogP contribution in [0.5, 0.6) is 0 Å². The van der Waals surface area contributed by atoms with Gasteiger partial charge in [-0.25, -0.2) is 0 Å². The number of nitrogens with zero attached hydrogens (tertiary/aromatic N) is 1. The van der Waals surface area contributed by atoms with E-state index < -0.39 is 0 Å². The van der Waals surface area contributed by atoms with Gasteiger partial charge in [0.25, 0.3) is 0 Å². The summed E-state index contributed by atoms with van der Waals surface area (Å²) in [6.07, 6.45) is 6.87. The minimum atomic E-state index is 0.0830. The fraction of sp³-hybridized carbons (Fsp3) is 0.929. The molecular formula is C14H26N2OS. The molecule has 0 aromatic heterocycles. The second kappa shape index (κ2) is 6.29. The van der Waals surface area contributed by atoms with E-state index in [1.807, 2.05) is 18.8 Å². The average Bonchev–Trinajstić information content (AvgIpc) is 2.40. The first-order chi connectivity index (χ1) is 8.67. The fourth-order valence-electron chi connectivity index (χ4n) is 3.23. The van der Waals surface area contributed by atoms with Gasteiger partial charge in [-0.05, 0) is 26.8 Å². The van der Waals surface area contributed by atoms with Gasteiger partial charge in [0, 0.05) is 36.1 Å². The number of thioether (sulfide) groups is 1. The molecule has 1 saturated heterocycles. The van der Waals surface area contributed by atoms with Gasteiger partial charge in [0.15, 0.2) is 0 Å². The maximum Gasteiger partial charge on any atom is 0.224 e. The van der Waals surface area contributed by atoms with Gasteiger partial charge in [-0.3, -0.25) is 4.79 Å². The highest BCUT2D eigenvalue weighted by Crippen LogP contribution is 2.32.